The Kier molecular flexibility index (Phi) is 2.57. The van der Waals surface area contributed by atoms with Crippen LogP contribution in [-0.2, 0) is 6.54 Å². The molecule has 1 heterocycles. The van der Waals surface area contributed by atoms with Crippen molar-refractivity contribution in [1.29, 1.82) is 5.26 Å². The van der Waals surface area contributed by atoms with Crippen LogP contribution in [0.2, 0.25) is 0 Å². The van der Waals surface area contributed by atoms with Crippen molar-refractivity contribution in [3.8, 4) is 6.07 Å². The lowest BCUT2D eigenvalue weighted by atomic mass is 9.49. The second-order valence-corrected chi connectivity index (χ2v) is 7.22. The number of nitrogens with zero attached hydrogens (tertiary/aromatic N) is 4. The Labute approximate surface area is 119 Å². The van der Waals surface area contributed by atoms with Gasteiger partial charge in [0, 0.05) is 7.05 Å². The van der Waals surface area contributed by atoms with Crippen molar-refractivity contribution in [1.82, 2.24) is 15.0 Å². The van der Waals surface area contributed by atoms with Crippen molar-refractivity contribution < 1.29 is 0 Å². The maximum absolute atomic E-state index is 9.09. The van der Waals surface area contributed by atoms with E-state index in [4.69, 9.17) is 5.26 Å². The number of nitriles is 1. The maximum Gasteiger partial charge on any atom is 0.206 e. The highest BCUT2D eigenvalue weighted by molar-refractivity contribution is 5.46. The van der Waals surface area contributed by atoms with E-state index in [2.05, 4.69) is 21.7 Å². The van der Waals surface area contributed by atoms with E-state index in [0.717, 1.165) is 30.1 Å². The second-order valence-electron chi connectivity index (χ2n) is 7.22. The van der Waals surface area contributed by atoms with Gasteiger partial charge >= 0.3 is 0 Å². The number of anilines is 1. The normalized spacial score (nSPS) is 37.9. The summed E-state index contributed by atoms with van der Waals surface area (Å²) in [6.45, 7) is 0.932. The van der Waals surface area contributed by atoms with Crippen molar-refractivity contribution in [2.24, 2.45) is 23.2 Å². The summed E-state index contributed by atoms with van der Waals surface area (Å²) in [4.78, 5) is 0. The molecule has 0 saturated heterocycles. The number of nitrogens with one attached hydrogen (secondary N) is 1. The van der Waals surface area contributed by atoms with Gasteiger partial charge in [0.2, 0.25) is 5.69 Å². The minimum Gasteiger partial charge on any atom is -0.371 e. The van der Waals surface area contributed by atoms with Crippen molar-refractivity contribution in [3.05, 3.63) is 5.69 Å². The molecule has 4 aliphatic rings. The average molecular weight is 271 g/mol. The average Bonchev–Trinajstić information content (AvgIpc) is 2.78. The van der Waals surface area contributed by atoms with Crippen LogP contribution in [0.15, 0.2) is 0 Å². The molecular weight excluding hydrogens is 250 g/mol. The number of hydrogen-bond donors (Lipinski definition) is 1. The molecule has 0 aromatic carbocycles. The minimum atomic E-state index is 0.414. The van der Waals surface area contributed by atoms with Gasteiger partial charge in [0.05, 0.1) is 6.54 Å². The van der Waals surface area contributed by atoms with Gasteiger partial charge in [0.15, 0.2) is 5.82 Å². The molecule has 0 unspecified atom stereocenters. The Hall–Kier alpha value is -1.57. The van der Waals surface area contributed by atoms with Gasteiger partial charge in [-0.1, -0.05) is 5.21 Å². The summed E-state index contributed by atoms with van der Waals surface area (Å²) >= 11 is 0. The summed E-state index contributed by atoms with van der Waals surface area (Å²) in [7, 11) is 1.84. The predicted octanol–water partition coefficient (Wildman–Crippen LogP) is 2.41. The van der Waals surface area contributed by atoms with E-state index in [1.165, 1.54) is 38.5 Å². The second kappa shape index (κ2) is 4.21. The van der Waals surface area contributed by atoms with E-state index >= 15 is 0 Å². The largest absolute Gasteiger partial charge is 0.371 e. The summed E-state index contributed by atoms with van der Waals surface area (Å²) in [5, 5.41) is 20.4. The number of rotatable bonds is 3. The van der Waals surface area contributed by atoms with Crippen molar-refractivity contribution in [2.45, 2.75) is 45.1 Å². The molecule has 106 valence electrons. The van der Waals surface area contributed by atoms with Crippen molar-refractivity contribution in [3.63, 3.8) is 0 Å². The quantitative estimate of drug-likeness (QED) is 0.916. The van der Waals surface area contributed by atoms with E-state index in [9.17, 15) is 0 Å². The van der Waals surface area contributed by atoms with Gasteiger partial charge in [-0.3, -0.25) is 0 Å². The molecule has 0 spiro atoms. The number of aromatic nitrogens is 3. The van der Waals surface area contributed by atoms with E-state index < -0.39 is 0 Å². The smallest absolute Gasteiger partial charge is 0.206 e. The lowest BCUT2D eigenvalue weighted by molar-refractivity contribution is -0.0634. The predicted molar refractivity (Wildman–Crippen MR) is 74.9 cm³/mol. The van der Waals surface area contributed by atoms with Crippen LogP contribution in [0.4, 0.5) is 5.82 Å². The van der Waals surface area contributed by atoms with Crippen LogP contribution in [0.5, 0.6) is 0 Å². The zero-order valence-corrected chi connectivity index (χ0v) is 12.0. The Morgan fingerprint density at radius 1 is 1.25 bits per heavy atom. The van der Waals surface area contributed by atoms with Gasteiger partial charge in [0.1, 0.15) is 6.07 Å². The first-order valence-corrected chi connectivity index (χ1v) is 7.73. The molecule has 4 aliphatic carbocycles. The molecule has 1 aromatic heterocycles. The molecule has 20 heavy (non-hydrogen) atoms. The molecule has 1 aromatic rings. The van der Waals surface area contributed by atoms with Crippen molar-refractivity contribution in [2.75, 3.05) is 12.4 Å². The highest BCUT2D eigenvalue weighted by Crippen LogP contribution is 2.60. The monoisotopic (exact) mass is 271 g/mol. The Morgan fingerprint density at radius 3 is 2.35 bits per heavy atom. The summed E-state index contributed by atoms with van der Waals surface area (Å²) in [5.41, 5.74) is 0.832. The van der Waals surface area contributed by atoms with Crippen LogP contribution >= 0.6 is 0 Å². The lowest BCUT2D eigenvalue weighted by Crippen LogP contribution is -2.48. The van der Waals surface area contributed by atoms with Crippen LogP contribution in [0.25, 0.3) is 0 Å². The Morgan fingerprint density at radius 2 is 1.85 bits per heavy atom. The van der Waals surface area contributed by atoms with Crippen LogP contribution in [0.3, 0.4) is 0 Å². The van der Waals surface area contributed by atoms with E-state index in [1.807, 2.05) is 11.7 Å². The SMILES string of the molecule is CNc1c(C#N)nnn1CC12CC3CC(CC(C3)C1)C2. The first-order valence-electron chi connectivity index (χ1n) is 7.73. The van der Waals surface area contributed by atoms with Gasteiger partial charge in [-0.05, 0) is 61.7 Å². The standard InChI is InChI=1S/C15H21N5/c1-17-14-13(8-16)18-19-20(14)9-15-5-10-2-11(6-15)4-12(3-10)7-15/h10-12,17H,2-7,9H2,1H3. The molecule has 4 saturated carbocycles. The van der Waals surface area contributed by atoms with Crippen LogP contribution in [0, 0.1) is 34.5 Å². The third-order valence-corrected chi connectivity index (χ3v) is 5.73. The molecule has 4 bridgehead atoms. The molecule has 1 N–H and O–H groups in total. The summed E-state index contributed by atoms with van der Waals surface area (Å²) in [6.07, 6.45) is 8.43. The van der Waals surface area contributed by atoms with Gasteiger partial charge < -0.3 is 5.32 Å². The Bertz CT molecular complexity index is 532. The molecular formula is C15H21N5. The molecule has 0 amide bonds. The molecule has 0 atom stereocenters. The summed E-state index contributed by atoms with van der Waals surface area (Å²) in [6, 6.07) is 2.12. The fourth-order valence-corrected chi connectivity index (χ4v) is 5.55. The summed E-state index contributed by atoms with van der Waals surface area (Å²) < 4.78 is 1.94. The zero-order chi connectivity index (χ0) is 13.7. The Balaban J connectivity index is 1.63. The first kappa shape index (κ1) is 12.2. The van der Waals surface area contributed by atoms with E-state index in [1.54, 1.807) is 0 Å². The van der Waals surface area contributed by atoms with Gasteiger partial charge in [-0.2, -0.15) is 5.26 Å². The van der Waals surface area contributed by atoms with Crippen LogP contribution in [-0.4, -0.2) is 22.0 Å². The van der Waals surface area contributed by atoms with E-state index in [-0.39, 0.29) is 0 Å². The van der Waals surface area contributed by atoms with Gasteiger partial charge in [-0.25, -0.2) is 4.68 Å². The zero-order valence-electron chi connectivity index (χ0n) is 12.0. The third-order valence-electron chi connectivity index (χ3n) is 5.73. The summed E-state index contributed by atoms with van der Waals surface area (Å²) in [5.74, 6) is 3.61. The first-order chi connectivity index (χ1) is 9.71. The minimum absolute atomic E-state index is 0.414. The maximum atomic E-state index is 9.09. The molecule has 5 nitrogen and oxygen atoms in total. The third kappa shape index (κ3) is 1.74. The molecule has 0 aliphatic heterocycles. The lowest BCUT2D eigenvalue weighted by Gasteiger charge is -2.56. The fourth-order valence-electron chi connectivity index (χ4n) is 5.55. The molecule has 5 rings (SSSR count). The molecule has 5 heteroatoms. The highest BCUT2D eigenvalue weighted by Gasteiger charge is 2.51. The van der Waals surface area contributed by atoms with E-state index in [0.29, 0.717) is 11.1 Å². The van der Waals surface area contributed by atoms with Crippen molar-refractivity contribution >= 4 is 5.82 Å². The fraction of sp³-hybridized carbons (Fsp3) is 0.800. The topological polar surface area (TPSA) is 66.5 Å². The van der Waals surface area contributed by atoms with Crippen LogP contribution in [0.1, 0.15) is 44.2 Å². The van der Waals surface area contributed by atoms with Crippen LogP contribution < -0.4 is 5.32 Å². The molecule has 4 fully saturated rings. The van der Waals surface area contributed by atoms with Gasteiger partial charge in [0.25, 0.3) is 0 Å². The van der Waals surface area contributed by atoms with Gasteiger partial charge in [-0.15, -0.1) is 5.10 Å². The molecule has 0 radical (unpaired) electrons. The number of hydrogen-bond acceptors (Lipinski definition) is 4. The highest BCUT2D eigenvalue weighted by atomic mass is 15.5.